The van der Waals surface area contributed by atoms with Crippen molar-refractivity contribution in [2.45, 2.75) is 32.2 Å². The van der Waals surface area contributed by atoms with Crippen LogP contribution in [0.1, 0.15) is 25.0 Å². The molecule has 0 aliphatic carbocycles. The van der Waals surface area contributed by atoms with Crippen LogP contribution in [0.5, 0.6) is 5.75 Å². The fourth-order valence-corrected chi connectivity index (χ4v) is 3.99. The third-order valence-corrected chi connectivity index (χ3v) is 6.24. The molecule has 0 bridgehead atoms. The minimum absolute atomic E-state index is 0.113. The molecule has 0 spiro atoms. The van der Waals surface area contributed by atoms with E-state index in [0.29, 0.717) is 22.3 Å². The maximum atomic E-state index is 13.0. The van der Waals surface area contributed by atoms with E-state index in [4.69, 9.17) is 27.9 Å². The third-order valence-electron chi connectivity index (χ3n) is 4.51. The fourth-order valence-electron chi connectivity index (χ4n) is 2.80. The van der Waals surface area contributed by atoms with E-state index in [1.165, 1.54) is 11.8 Å². The highest BCUT2D eigenvalue weighted by molar-refractivity contribution is 7.99. The third kappa shape index (κ3) is 7.11. The lowest BCUT2D eigenvalue weighted by molar-refractivity contribution is -0.138. The van der Waals surface area contributed by atoms with Crippen molar-refractivity contribution in [3.05, 3.63) is 63.6 Å². The van der Waals surface area contributed by atoms with E-state index in [0.717, 1.165) is 16.9 Å². The summed E-state index contributed by atoms with van der Waals surface area (Å²) in [6.45, 7) is 4.36. The molecule has 0 saturated heterocycles. The number of likely N-dealkylation sites (N-methyl/N-ethyl adjacent to an activating group) is 1. The smallest absolute Gasteiger partial charge is 0.242 e. The van der Waals surface area contributed by atoms with Gasteiger partial charge in [0.15, 0.2) is 0 Å². The quantitative estimate of drug-likeness (QED) is 0.544. The van der Waals surface area contributed by atoms with Crippen LogP contribution in [0.25, 0.3) is 0 Å². The molecule has 0 aromatic heterocycles. The first-order valence-electron chi connectivity index (χ1n) is 9.57. The summed E-state index contributed by atoms with van der Waals surface area (Å²) in [7, 11) is 1.63. The molecule has 2 aromatic rings. The number of carbonyl (C=O) groups excluding carboxylic acids is 2. The van der Waals surface area contributed by atoms with E-state index in [1.807, 2.05) is 37.3 Å². The topological polar surface area (TPSA) is 58.6 Å². The summed E-state index contributed by atoms with van der Waals surface area (Å²) in [5, 5.41) is 3.65. The van der Waals surface area contributed by atoms with Crippen molar-refractivity contribution in [2.24, 2.45) is 0 Å². The number of halogens is 2. The van der Waals surface area contributed by atoms with Crippen LogP contribution in [0.15, 0.2) is 42.5 Å². The average molecular weight is 469 g/mol. The number of hydrogen-bond donors (Lipinski definition) is 1. The number of nitrogens with one attached hydrogen (secondary N) is 1. The average Bonchev–Trinajstić information content (AvgIpc) is 2.74. The van der Waals surface area contributed by atoms with Crippen LogP contribution in [-0.2, 0) is 21.9 Å². The number of methoxy groups -OCH3 is 1. The number of rotatable bonds is 10. The number of benzene rings is 2. The minimum Gasteiger partial charge on any atom is -0.497 e. The Morgan fingerprint density at radius 2 is 1.77 bits per heavy atom. The van der Waals surface area contributed by atoms with Gasteiger partial charge in [-0.25, -0.2) is 0 Å². The molecule has 5 nitrogen and oxygen atoms in total. The van der Waals surface area contributed by atoms with Gasteiger partial charge in [-0.1, -0.05) is 41.4 Å². The van der Waals surface area contributed by atoms with E-state index < -0.39 is 6.04 Å². The Morgan fingerprint density at radius 3 is 2.37 bits per heavy atom. The molecular formula is C22H26Cl2N2O3S. The monoisotopic (exact) mass is 468 g/mol. The summed E-state index contributed by atoms with van der Waals surface area (Å²) in [6, 6.07) is 12.4. The summed E-state index contributed by atoms with van der Waals surface area (Å²) in [5.41, 5.74) is 1.91. The number of thioether (sulfide) groups is 1. The van der Waals surface area contributed by atoms with Crippen molar-refractivity contribution in [3.8, 4) is 5.75 Å². The van der Waals surface area contributed by atoms with Gasteiger partial charge in [-0.3, -0.25) is 9.59 Å². The molecule has 0 aliphatic rings. The van der Waals surface area contributed by atoms with E-state index in [-0.39, 0.29) is 24.1 Å². The highest BCUT2D eigenvalue weighted by atomic mass is 35.5. The largest absolute Gasteiger partial charge is 0.497 e. The SMILES string of the molecule is CCNC(=O)[C@H](C)N(Cc1ccc(Cl)c(Cl)c1)C(=O)CSCc1ccc(OC)cc1. The summed E-state index contributed by atoms with van der Waals surface area (Å²) >= 11 is 13.6. The second-order valence-corrected chi connectivity index (χ2v) is 8.48. The molecule has 0 fully saturated rings. The zero-order chi connectivity index (χ0) is 22.1. The van der Waals surface area contributed by atoms with Crippen LogP contribution >= 0.6 is 35.0 Å². The molecule has 0 heterocycles. The highest BCUT2D eigenvalue weighted by Crippen LogP contribution is 2.24. The maximum Gasteiger partial charge on any atom is 0.242 e. The van der Waals surface area contributed by atoms with Crippen LogP contribution in [0.2, 0.25) is 10.0 Å². The van der Waals surface area contributed by atoms with Crippen LogP contribution in [0.3, 0.4) is 0 Å². The summed E-state index contributed by atoms with van der Waals surface area (Å²) in [5.74, 6) is 1.44. The van der Waals surface area contributed by atoms with Gasteiger partial charge in [0.05, 0.1) is 22.9 Å². The molecule has 162 valence electrons. The second kappa shape index (κ2) is 12.1. The highest BCUT2D eigenvalue weighted by Gasteiger charge is 2.25. The van der Waals surface area contributed by atoms with Gasteiger partial charge in [0, 0.05) is 18.8 Å². The number of nitrogens with zero attached hydrogens (tertiary/aromatic N) is 1. The van der Waals surface area contributed by atoms with E-state index in [2.05, 4.69) is 5.32 Å². The standard InChI is InChI=1S/C22H26Cl2N2O3S/c1-4-25-22(28)15(2)26(12-17-7-10-19(23)20(24)11-17)21(27)14-30-13-16-5-8-18(29-3)9-6-16/h5-11,15H,4,12-14H2,1-3H3,(H,25,28)/t15-/m0/s1. The van der Waals surface area contributed by atoms with Gasteiger partial charge in [0.25, 0.3) is 0 Å². The first kappa shape index (κ1) is 24.4. The Morgan fingerprint density at radius 1 is 1.10 bits per heavy atom. The molecule has 2 amide bonds. The Kier molecular flexibility index (Phi) is 9.82. The van der Waals surface area contributed by atoms with Gasteiger partial charge in [-0.05, 0) is 49.2 Å². The molecule has 8 heteroatoms. The van der Waals surface area contributed by atoms with Crippen molar-refractivity contribution in [2.75, 3.05) is 19.4 Å². The minimum atomic E-state index is -0.603. The molecule has 0 saturated carbocycles. The Hall–Kier alpha value is -1.89. The van der Waals surface area contributed by atoms with Gasteiger partial charge in [-0.2, -0.15) is 0 Å². The number of ether oxygens (including phenoxy) is 1. The van der Waals surface area contributed by atoms with Gasteiger partial charge in [0.2, 0.25) is 11.8 Å². The number of carbonyl (C=O) groups is 2. The van der Waals surface area contributed by atoms with Crippen molar-refractivity contribution in [1.29, 1.82) is 0 Å². The van der Waals surface area contributed by atoms with Crippen LogP contribution in [-0.4, -0.2) is 42.2 Å². The summed E-state index contributed by atoms with van der Waals surface area (Å²) in [4.78, 5) is 26.9. The van der Waals surface area contributed by atoms with Gasteiger partial charge in [-0.15, -0.1) is 11.8 Å². The molecular weight excluding hydrogens is 443 g/mol. The summed E-state index contributed by atoms with van der Waals surface area (Å²) < 4.78 is 5.16. The van der Waals surface area contributed by atoms with Gasteiger partial charge < -0.3 is 15.0 Å². The zero-order valence-corrected chi connectivity index (χ0v) is 19.6. The first-order chi connectivity index (χ1) is 14.3. The molecule has 1 N–H and O–H groups in total. The Balaban J connectivity index is 2.06. The lowest BCUT2D eigenvalue weighted by Gasteiger charge is -2.28. The second-order valence-electron chi connectivity index (χ2n) is 6.68. The van der Waals surface area contributed by atoms with E-state index >= 15 is 0 Å². The predicted octanol–water partition coefficient (Wildman–Crippen LogP) is 4.79. The van der Waals surface area contributed by atoms with E-state index in [9.17, 15) is 9.59 Å². The number of amides is 2. The molecule has 30 heavy (non-hydrogen) atoms. The molecule has 0 radical (unpaired) electrons. The summed E-state index contributed by atoms with van der Waals surface area (Å²) in [6.07, 6.45) is 0. The van der Waals surface area contributed by atoms with Crippen molar-refractivity contribution < 1.29 is 14.3 Å². The molecule has 2 aromatic carbocycles. The fraction of sp³-hybridized carbons (Fsp3) is 0.364. The van der Waals surface area contributed by atoms with Gasteiger partial charge in [0.1, 0.15) is 11.8 Å². The molecule has 0 unspecified atom stereocenters. The normalized spacial score (nSPS) is 11.6. The maximum absolute atomic E-state index is 13.0. The predicted molar refractivity (Wildman–Crippen MR) is 124 cm³/mol. The molecule has 2 rings (SSSR count). The van der Waals surface area contributed by atoms with Crippen LogP contribution in [0, 0.1) is 0 Å². The lowest BCUT2D eigenvalue weighted by Crippen LogP contribution is -2.48. The number of hydrogen-bond acceptors (Lipinski definition) is 4. The zero-order valence-electron chi connectivity index (χ0n) is 17.3. The molecule has 0 aliphatic heterocycles. The van der Waals surface area contributed by atoms with Crippen molar-refractivity contribution >= 4 is 46.8 Å². The van der Waals surface area contributed by atoms with Crippen molar-refractivity contribution in [1.82, 2.24) is 10.2 Å². The molecule has 1 atom stereocenters. The lowest BCUT2D eigenvalue weighted by atomic mass is 10.1. The van der Waals surface area contributed by atoms with Crippen LogP contribution in [0.4, 0.5) is 0 Å². The van der Waals surface area contributed by atoms with Crippen LogP contribution < -0.4 is 10.1 Å². The van der Waals surface area contributed by atoms with Gasteiger partial charge >= 0.3 is 0 Å². The Bertz CT molecular complexity index is 862. The van der Waals surface area contributed by atoms with Crippen molar-refractivity contribution in [3.63, 3.8) is 0 Å². The van der Waals surface area contributed by atoms with E-state index in [1.54, 1.807) is 31.1 Å². The Labute approximate surface area is 192 Å². The first-order valence-corrected chi connectivity index (χ1v) is 11.5.